The van der Waals surface area contributed by atoms with Crippen molar-refractivity contribution in [3.8, 4) is 0 Å². The normalized spacial score (nSPS) is 8.10. The Morgan fingerprint density at radius 2 is 2.40 bits per heavy atom. The first-order valence-corrected chi connectivity index (χ1v) is 3.39. The molecule has 0 aliphatic carbocycles. The van der Waals surface area contributed by atoms with E-state index in [2.05, 4.69) is 4.74 Å². The maximum atomic E-state index is 7.18. The van der Waals surface area contributed by atoms with Crippen LogP contribution in [0.2, 0.25) is 0 Å². The van der Waals surface area contributed by atoms with Crippen molar-refractivity contribution in [2.45, 2.75) is 0 Å². The van der Waals surface area contributed by atoms with Gasteiger partial charge in [0.05, 0.1) is 12.0 Å². The number of halogens is 1. The zero-order valence-corrected chi connectivity index (χ0v) is 7.09. The predicted octanol–water partition coefficient (Wildman–Crippen LogP) is 2.14. The number of hydrogen-bond donors (Lipinski definition) is 1. The van der Waals surface area contributed by atoms with Crippen LogP contribution in [-0.4, -0.2) is 13.0 Å². The second kappa shape index (κ2) is 4.30. The third kappa shape index (κ3) is 2.01. The smallest absolute Gasteiger partial charge is 0.223 e. The molecule has 0 aromatic carbocycles. The molecule has 0 aliphatic rings. The minimum Gasteiger partial charge on any atom is -0.480 e. The summed E-state index contributed by atoms with van der Waals surface area (Å²) in [5, 5.41) is 9.10. The molecule has 2 nitrogen and oxygen atoms in total. The van der Waals surface area contributed by atoms with Crippen LogP contribution in [0.4, 0.5) is 0 Å². The Balaban J connectivity index is 0.000000810. The van der Waals surface area contributed by atoms with E-state index in [0.29, 0.717) is 0 Å². The molecule has 1 N–H and O–H groups in total. The molecule has 1 aromatic heterocycles. The molecule has 0 fully saturated rings. The maximum absolute atomic E-state index is 7.18. The standard InChI is InChI=1S/C6H7NOS.ClH/c1-8-6(7)5-3-2-4-9-5;/h2-4,7H,1H3;1H. The molecule has 1 rings (SSSR count). The topological polar surface area (TPSA) is 33.1 Å². The molecular weight excluding hydrogens is 170 g/mol. The quantitative estimate of drug-likeness (QED) is 0.518. The van der Waals surface area contributed by atoms with Crippen molar-refractivity contribution in [2.24, 2.45) is 0 Å². The molecule has 0 saturated carbocycles. The van der Waals surface area contributed by atoms with Gasteiger partial charge in [0.25, 0.3) is 0 Å². The fraction of sp³-hybridized carbons (Fsp3) is 0.167. The van der Waals surface area contributed by atoms with E-state index in [9.17, 15) is 0 Å². The molecule has 0 spiro atoms. The first-order valence-electron chi connectivity index (χ1n) is 2.51. The Labute approximate surface area is 69.8 Å². The Hall–Kier alpha value is -0.540. The number of hydrogen-bond acceptors (Lipinski definition) is 3. The number of nitrogens with one attached hydrogen (secondary N) is 1. The first kappa shape index (κ1) is 9.46. The van der Waals surface area contributed by atoms with Crippen LogP contribution >= 0.6 is 23.7 Å². The summed E-state index contributed by atoms with van der Waals surface area (Å²) in [4.78, 5) is 0.873. The summed E-state index contributed by atoms with van der Waals surface area (Å²) in [7, 11) is 1.50. The molecule has 0 saturated heterocycles. The van der Waals surface area contributed by atoms with E-state index in [1.165, 1.54) is 18.4 Å². The Kier molecular flexibility index (Phi) is 4.07. The van der Waals surface area contributed by atoms with Gasteiger partial charge in [-0.3, -0.25) is 5.41 Å². The van der Waals surface area contributed by atoms with Gasteiger partial charge in [0.15, 0.2) is 0 Å². The number of thiophene rings is 1. The maximum Gasteiger partial charge on any atom is 0.223 e. The monoisotopic (exact) mass is 177 g/mol. The van der Waals surface area contributed by atoms with Gasteiger partial charge in [-0.2, -0.15) is 0 Å². The molecule has 0 amide bonds. The van der Waals surface area contributed by atoms with E-state index in [1.807, 2.05) is 17.5 Å². The predicted molar refractivity (Wildman–Crippen MR) is 45.4 cm³/mol. The Morgan fingerprint density at radius 1 is 1.70 bits per heavy atom. The van der Waals surface area contributed by atoms with E-state index < -0.39 is 0 Å². The summed E-state index contributed by atoms with van der Waals surface area (Å²) in [5.74, 6) is 0.241. The van der Waals surface area contributed by atoms with Crippen LogP contribution in [0.15, 0.2) is 17.5 Å². The van der Waals surface area contributed by atoms with E-state index >= 15 is 0 Å². The minimum absolute atomic E-state index is 0. The molecule has 4 heteroatoms. The van der Waals surface area contributed by atoms with Crippen LogP contribution in [0.5, 0.6) is 0 Å². The highest BCUT2D eigenvalue weighted by molar-refractivity contribution is 7.12. The second-order valence-electron chi connectivity index (χ2n) is 1.51. The van der Waals surface area contributed by atoms with Gasteiger partial charge in [0, 0.05) is 0 Å². The Morgan fingerprint density at radius 3 is 2.80 bits per heavy atom. The summed E-state index contributed by atoms with van der Waals surface area (Å²) in [5.41, 5.74) is 0. The summed E-state index contributed by atoms with van der Waals surface area (Å²) in [6.07, 6.45) is 0. The van der Waals surface area contributed by atoms with Crippen LogP contribution < -0.4 is 0 Å². The zero-order valence-electron chi connectivity index (χ0n) is 5.46. The van der Waals surface area contributed by atoms with Crippen molar-refractivity contribution >= 4 is 29.6 Å². The fourth-order valence-electron chi connectivity index (χ4n) is 0.508. The lowest BCUT2D eigenvalue weighted by Gasteiger charge is -1.94. The van der Waals surface area contributed by atoms with Crippen molar-refractivity contribution in [2.75, 3.05) is 7.11 Å². The molecule has 56 valence electrons. The Bertz CT molecular complexity index is 198. The van der Waals surface area contributed by atoms with Gasteiger partial charge in [-0.1, -0.05) is 6.07 Å². The molecule has 0 aliphatic heterocycles. The fourth-order valence-corrected chi connectivity index (χ4v) is 1.16. The SMILES string of the molecule is COC(=N)c1cccs1.Cl. The second-order valence-corrected chi connectivity index (χ2v) is 2.46. The van der Waals surface area contributed by atoms with E-state index in [-0.39, 0.29) is 18.3 Å². The highest BCUT2D eigenvalue weighted by Crippen LogP contribution is 2.08. The van der Waals surface area contributed by atoms with Crippen molar-refractivity contribution in [1.29, 1.82) is 5.41 Å². The summed E-state index contributed by atoms with van der Waals surface area (Å²) in [6.45, 7) is 0. The molecule has 10 heavy (non-hydrogen) atoms. The first-order chi connectivity index (χ1) is 4.34. The van der Waals surface area contributed by atoms with Gasteiger partial charge in [-0.15, -0.1) is 23.7 Å². The number of ether oxygens (including phenoxy) is 1. The van der Waals surface area contributed by atoms with Gasteiger partial charge in [-0.25, -0.2) is 0 Å². The molecule has 0 atom stereocenters. The summed E-state index contributed by atoms with van der Waals surface area (Å²) < 4.78 is 4.69. The summed E-state index contributed by atoms with van der Waals surface area (Å²) in [6, 6.07) is 3.75. The van der Waals surface area contributed by atoms with Crippen molar-refractivity contribution < 1.29 is 4.74 Å². The van der Waals surface area contributed by atoms with Gasteiger partial charge >= 0.3 is 0 Å². The van der Waals surface area contributed by atoms with E-state index in [0.717, 1.165) is 4.88 Å². The lowest BCUT2D eigenvalue weighted by atomic mass is 10.5. The van der Waals surface area contributed by atoms with Crippen molar-refractivity contribution in [1.82, 2.24) is 0 Å². The van der Waals surface area contributed by atoms with Crippen molar-refractivity contribution in [3.63, 3.8) is 0 Å². The summed E-state index contributed by atoms with van der Waals surface area (Å²) >= 11 is 1.51. The molecule has 0 radical (unpaired) electrons. The van der Waals surface area contributed by atoms with Gasteiger partial charge < -0.3 is 4.74 Å². The third-order valence-electron chi connectivity index (χ3n) is 0.949. The van der Waals surface area contributed by atoms with Crippen LogP contribution in [0, 0.1) is 5.41 Å². The number of methoxy groups -OCH3 is 1. The highest BCUT2D eigenvalue weighted by atomic mass is 35.5. The van der Waals surface area contributed by atoms with Gasteiger partial charge in [0.1, 0.15) is 0 Å². The van der Waals surface area contributed by atoms with E-state index in [1.54, 1.807) is 0 Å². The molecule has 0 bridgehead atoms. The lowest BCUT2D eigenvalue weighted by molar-refractivity contribution is 0.402. The van der Waals surface area contributed by atoms with Crippen molar-refractivity contribution in [3.05, 3.63) is 22.4 Å². The molecule has 1 aromatic rings. The highest BCUT2D eigenvalue weighted by Gasteiger charge is 1.98. The average Bonchev–Trinajstić information content (AvgIpc) is 2.37. The van der Waals surface area contributed by atoms with Crippen LogP contribution in [0.3, 0.4) is 0 Å². The van der Waals surface area contributed by atoms with Gasteiger partial charge in [0.2, 0.25) is 5.90 Å². The zero-order chi connectivity index (χ0) is 6.69. The minimum atomic E-state index is 0. The lowest BCUT2D eigenvalue weighted by Crippen LogP contribution is -1.96. The third-order valence-corrected chi connectivity index (χ3v) is 1.82. The largest absolute Gasteiger partial charge is 0.480 e. The van der Waals surface area contributed by atoms with Gasteiger partial charge in [-0.05, 0) is 11.4 Å². The van der Waals surface area contributed by atoms with Crippen LogP contribution in [0.1, 0.15) is 4.88 Å². The number of rotatable bonds is 1. The average molecular weight is 178 g/mol. The molecule has 1 heterocycles. The van der Waals surface area contributed by atoms with Crippen LogP contribution in [0.25, 0.3) is 0 Å². The molecule has 0 unspecified atom stereocenters. The van der Waals surface area contributed by atoms with Crippen LogP contribution in [-0.2, 0) is 4.74 Å². The molecular formula is C6H8ClNOS. The van der Waals surface area contributed by atoms with E-state index in [4.69, 9.17) is 5.41 Å².